The minimum absolute atomic E-state index is 0.105. The van der Waals surface area contributed by atoms with E-state index in [1.54, 1.807) is 0 Å². The van der Waals surface area contributed by atoms with E-state index in [1.807, 2.05) is 0 Å². The Hall–Kier alpha value is -4.45. The Morgan fingerprint density at radius 3 is 0.835 bits per heavy atom. The first-order valence-corrected chi connectivity index (χ1v) is 32.7. The van der Waals surface area contributed by atoms with E-state index in [-0.39, 0.29) is 37.5 Å². The van der Waals surface area contributed by atoms with Gasteiger partial charge in [-0.1, -0.05) is 270 Å². The third-order valence-electron chi connectivity index (χ3n) is 13.6. The summed E-state index contributed by atoms with van der Waals surface area (Å²) in [5.74, 6) is -0.976. The Balaban J connectivity index is 4.46. The summed E-state index contributed by atoms with van der Waals surface area (Å²) < 4.78 is 16.9. The lowest BCUT2D eigenvalue weighted by molar-refractivity contribution is -0.167. The summed E-state index contributed by atoms with van der Waals surface area (Å²) in [5, 5.41) is 0. The van der Waals surface area contributed by atoms with Crippen LogP contribution >= 0.6 is 0 Å². The predicted octanol–water partition coefficient (Wildman–Crippen LogP) is 22.5. The first-order chi connectivity index (χ1) is 39.0. The second-order valence-electron chi connectivity index (χ2n) is 21.3. The average Bonchev–Trinajstić information content (AvgIpc) is 3.45. The van der Waals surface area contributed by atoms with Crippen molar-refractivity contribution in [3.8, 4) is 0 Å². The maximum Gasteiger partial charge on any atom is 0.306 e. The monoisotopic (exact) mass is 1090 g/mol. The van der Waals surface area contributed by atoms with Gasteiger partial charge in [-0.25, -0.2) is 0 Å². The number of allylic oxidation sites excluding steroid dienone is 22. The molecule has 1 atom stereocenters. The number of esters is 3. The van der Waals surface area contributed by atoms with E-state index in [0.29, 0.717) is 19.3 Å². The Morgan fingerprint density at radius 2 is 0.506 bits per heavy atom. The van der Waals surface area contributed by atoms with Crippen molar-refractivity contribution in [2.75, 3.05) is 13.2 Å². The molecule has 0 aromatic carbocycles. The Bertz CT molecular complexity index is 1680. The molecule has 0 spiro atoms. The first kappa shape index (κ1) is 74.5. The molecule has 0 saturated carbocycles. The molecule has 1 unspecified atom stereocenters. The molecule has 0 heterocycles. The molecule has 0 amide bonds. The number of ether oxygens (including phenoxy) is 3. The van der Waals surface area contributed by atoms with E-state index < -0.39 is 6.10 Å². The molecule has 6 heteroatoms. The van der Waals surface area contributed by atoms with Crippen molar-refractivity contribution in [1.29, 1.82) is 0 Å². The summed E-state index contributed by atoms with van der Waals surface area (Å²) in [6, 6.07) is 0. The van der Waals surface area contributed by atoms with Crippen molar-refractivity contribution >= 4 is 17.9 Å². The van der Waals surface area contributed by atoms with E-state index in [2.05, 4.69) is 154 Å². The van der Waals surface area contributed by atoms with Gasteiger partial charge in [0.25, 0.3) is 0 Å². The molecule has 0 N–H and O–H groups in total. The molecule has 0 bridgehead atoms. The van der Waals surface area contributed by atoms with Crippen molar-refractivity contribution in [3.05, 3.63) is 134 Å². The molecular weight excluding hydrogens is 973 g/mol. The lowest BCUT2D eigenvalue weighted by Crippen LogP contribution is -2.30. The van der Waals surface area contributed by atoms with E-state index >= 15 is 0 Å². The maximum absolute atomic E-state index is 12.9. The highest BCUT2D eigenvalue weighted by Crippen LogP contribution is 2.15. The zero-order valence-electron chi connectivity index (χ0n) is 51.3. The van der Waals surface area contributed by atoms with Gasteiger partial charge in [0.05, 0.1) is 0 Å². The molecular formula is C73H120O6. The standard InChI is InChI=1S/C73H120O6/c1-4-7-10-13-16-19-22-25-28-30-32-33-34-35-36-37-38-39-40-41-42-44-45-48-51-54-57-60-63-66-72(75)78-69-70(68-77-71(74)65-62-59-56-53-50-47-27-24-21-18-15-12-9-6-3)79-73(76)67-64-61-58-55-52-49-46-43-31-29-26-23-20-17-14-11-8-5-2/h7,10,16,19,24-25,27-29,31-33,35-36,38-39,41-42,45,48,54,57,70H,4-6,8-9,11-15,17-18,20-23,26,30,34,37,40,43-44,46-47,49-53,55-56,58-69H2,1-3H3/b10-7-,19-16-,27-24-,28-25-,31-29-,33-32-,36-35-,39-38-,42-41-,48-45-,57-54-. The molecule has 0 aromatic heterocycles. The summed E-state index contributed by atoms with van der Waals surface area (Å²) in [6.07, 6.45) is 93.2. The van der Waals surface area contributed by atoms with E-state index in [0.717, 1.165) is 116 Å². The van der Waals surface area contributed by atoms with Gasteiger partial charge in [0.15, 0.2) is 6.10 Å². The summed E-state index contributed by atoms with van der Waals surface area (Å²) in [5.41, 5.74) is 0. The molecule has 0 aromatic rings. The first-order valence-electron chi connectivity index (χ1n) is 32.7. The van der Waals surface area contributed by atoms with E-state index in [4.69, 9.17) is 14.2 Å². The maximum atomic E-state index is 12.9. The van der Waals surface area contributed by atoms with Crippen LogP contribution in [-0.2, 0) is 28.6 Å². The number of carbonyl (C=O) groups excluding carboxylic acids is 3. The van der Waals surface area contributed by atoms with Gasteiger partial charge in [-0.05, 0) is 135 Å². The van der Waals surface area contributed by atoms with Crippen LogP contribution in [0.5, 0.6) is 0 Å². The van der Waals surface area contributed by atoms with Gasteiger partial charge >= 0.3 is 17.9 Å². The molecule has 0 fully saturated rings. The predicted molar refractivity (Wildman–Crippen MR) is 343 cm³/mol. The lowest BCUT2D eigenvalue weighted by atomic mass is 10.1. The summed E-state index contributed by atoms with van der Waals surface area (Å²) >= 11 is 0. The van der Waals surface area contributed by atoms with Crippen molar-refractivity contribution in [2.45, 2.75) is 297 Å². The van der Waals surface area contributed by atoms with Crippen LogP contribution in [0.1, 0.15) is 290 Å². The van der Waals surface area contributed by atoms with Crippen LogP contribution < -0.4 is 0 Å². The fraction of sp³-hybridized carbons (Fsp3) is 0.658. The SMILES string of the molecule is CC/C=C\C/C=C\C/C=C\C/C=C\C/C=C\C/C=C\C/C=C\C/C=C\C/C=C\CCCC(=O)OCC(COC(=O)CCCCCCC/C=C\CCCCCCC)OC(=O)CCCCCCCCC/C=C\CCCCCCCCC. The third kappa shape index (κ3) is 64.3. The lowest BCUT2D eigenvalue weighted by Gasteiger charge is -2.18. The zero-order valence-corrected chi connectivity index (χ0v) is 51.3. The van der Waals surface area contributed by atoms with Crippen molar-refractivity contribution < 1.29 is 28.6 Å². The molecule has 0 aliphatic carbocycles. The van der Waals surface area contributed by atoms with Gasteiger partial charge in [0.2, 0.25) is 0 Å². The Kier molecular flexibility index (Phi) is 62.3. The minimum Gasteiger partial charge on any atom is -0.462 e. The smallest absolute Gasteiger partial charge is 0.306 e. The van der Waals surface area contributed by atoms with Crippen LogP contribution in [0.2, 0.25) is 0 Å². The van der Waals surface area contributed by atoms with Gasteiger partial charge in [0, 0.05) is 19.3 Å². The topological polar surface area (TPSA) is 78.9 Å². The minimum atomic E-state index is -0.812. The highest BCUT2D eigenvalue weighted by Gasteiger charge is 2.19. The normalized spacial score (nSPS) is 13.0. The molecule has 79 heavy (non-hydrogen) atoms. The number of hydrogen-bond donors (Lipinski definition) is 0. The van der Waals surface area contributed by atoms with E-state index in [9.17, 15) is 14.4 Å². The second kappa shape index (κ2) is 66.1. The molecule has 0 radical (unpaired) electrons. The summed E-state index contributed by atoms with van der Waals surface area (Å²) in [4.78, 5) is 38.3. The van der Waals surface area contributed by atoms with Crippen LogP contribution in [0, 0.1) is 0 Å². The van der Waals surface area contributed by atoms with Gasteiger partial charge in [-0.15, -0.1) is 0 Å². The van der Waals surface area contributed by atoms with Gasteiger partial charge in [-0.2, -0.15) is 0 Å². The average molecular weight is 1090 g/mol. The van der Waals surface area contributed by atoms with Crippen LogP contribution in [0.4, 0.5) is 0 Å². The van der Waals surface area contributed by atoms with Crippen molar-refractivity contribution in [2.24, 2.45) is 0 Å². The Labute approximate surface area is 487 Å². The van der Waals surface area contributed by atoms with Crippen LogP contribution in [0.3, 0.4) is 0 Å². The van der Waals surface area contributed by atoms with Crippen LogP contribution in [-0.4, -0.2) is 37.2 Å². The molecule has 448 valence electrons. The third-order valence-corrected chi connectivity index (χ3v) is 13.6. The quantitative estimate of drug-likeness (QED) is 0.0261. The van der Waals surface area contributed by atoms with Gasteiger partial charge < -0.3 is 14.2 Å². The second-order valence-corrected chi connectivity index (χ2v) is 21.3. The number of carbonyl (C=O) groups is 3. The number of rotatable bonds is 58. The number of hydrogen-bond acceptors (Lipinski definition) is 6. The van der Waals surface area contributed by atoms with E-state index in [1.165, 1.54) is 128 Å². The Morgan fingerprint density at radius 1 is 0.266 bits per heavy atom. The van der Waals surface area contributed by atoms with Gasteiger partial charge in [-0.3, -0.25) is 14.4 Å². The fourth-order valence-electron chi connectivity index (χ4n) is 8.73. The molecule has 0 aliphatic rings. The highest BCUT2D eigenvalue weighted by atomic mass is 16.6. The highest BCUT2D eigenvalue weighted by molar-refractivity contribution is 5.71. The fourth-order valence-corrected chi connectivity index (χ4v) is 8.73. The van der Waals surface area contributed by atoms with Crippen molar-refractivity contribution in [1.82, 2.24) is 0 Å². The molecule has 0 rings (SSSR count). The largest absolute Gasteiger partial charge is 0.462 e. The number of unbranched alkanes of at least 4 members (excludes halogenated alkanes) is 25. The molecule has 6 nitrogen and oxygen atoms in total. The van der Waals surface area contributed by atoms with Gasteiger partial charge in [0.1, 0.15) is 13.2 Å². The molecule has 0 saturated heterocycles. The summed E-state index contributed by atoms with van der Waals surface area (Å²) in [7, 11) is 0. The molecule has 0 aliphatic heterocycles. The van der Waals surface area contributed by atoms with Crippen molar-refractivity contribution in [3.63, 3.8) is 0 Å². The van der Waals surface area contributed by atoms with Crippen LogP contribution in [0.15, 0.2) is 134 Å². The zero-order chi connectivity index (χ0) is 57.1. The summed E-state index contributed by atoms with van der Waals surface area (Å²) in [6.45, 7) is 6.47. The van der Waals surface area contributed by atoms with Crippen LogP contribution in [0.25, 0.3) is 0 Å².